The van der Waals surface area contributed by atoms with E-state index in [1.165, 1.54) is 66.8 Å². The van der Waals surface area contributed by atoms with Crippen molar-refractivity contribution in [3.05, 3.63) is 119 Å². The van der Waals surface area contributed by atoms with E-state index in [-0.39, 0.29) is 24.8 Å². The maximum atomic E-state index is 2.79. The molecule has 0 aliphatic heterocycles. The number of unbranched alkanes of at least 4 members (excludes halogenated alkanes) is 5. The van der Waals surface area contributed by atoms with Gasteiger partial charge in [0.2, 0.25) is 0 Å². The van der Waals surface area contributed by atoms with Gasteiger partial charge in [-0.1, -0.05) is 0 Å². The minimum absolute atomic E-state index is 0. The summed E-state index contributed by atoms with van der Waals surface area (Å²) in [7, 11) is 0. The standard InChI is InChI=1S/2C13H9.C9H21Si.2ClH.Zr/c2*1-3-7-12-10(5-1)9-11-6-2-4-8-13(11)12;1-3-4-5-6-7-8-9-10-2;;;/h2*1-9H;10H,3-9H2,1-2H3;2*1H;/q;;;;;+2/p-2. The molecule has 2 aliphatic rings. The molecule has 0 N–H and O–H groups in total. The topological polar surface area (TPSA) is 0 Å². The summed E-state index contributed by atoms with van der Waals surface area (Å²) in [5, 5.41) is 0. The first-order valence-electron chi connectivity index (χ1n) is 14.5. The van der Waals surface area contributed by atoms with E-state index in [0.29, 0.717) is 7.25 Å². The van der Waals surface area contributed by atoms with Crippen LogP contribution in [0.4, 0.5) is 0 Å². The Morgan fingerprint density at radius 3 is 1.23 bits per heavy atom. The number of halogens is 2. The molecule has 0 heterocycles. The first kappa shape index (κ1) is 30.5. The summed E-state index contributed by atoms with van der Waals surface area (Å²) in [4.78, 5) is 0. The van der Waals surface area contributed by atoms with Crippen molar-refractivity contribution in [3.63, 3.8) is 0 Å². The molecule has 0 bridgehead atoms. The second-order valence-electron chi connectivity index (χ2n) is 11.2. The maximum absolute atomic E-state index is 2.79. The van der Waals surface area contributed by atoms with Crippen LogP contribution in [0.5, 0.6) is 0 Å². The first-order chi connectivity index (χ1) is 18.3. The Labute approximate surface area is 256 Å². The molecular formula is C35H39Cl2SiZr. The molecule has 0 spiro atoms. The Bertz CT molecular complexity index is 1200. The van der Waals surface area contributed by atoms with E-state index < -0.39 is 26.8 Å². The Morgan fingerprint density at radius 2 is 0.846 bits per heavy atom. The minimum atomic E-state index is -2.12. The third kappa shape index (κ3) is 5.83. The van der Waals surface area contributed by atoms with E-state index in [2.05, 4.69) is 111 Å². The van der Waals surface area contributed by atoms with Crippen molar-refractivity contribution in [2.75, 3.05) is 0 Å². The maximum Gasteiger partial charge on any atom is -1.00 e. The average Bonchev–Trinajstić information content (AvgIpc) is 3.45. The van der Waals surface area contributed by atoms with Gasteiger partial charge in [-0.05, 0) is 0 Å². The van der Waals surface area contributed by atoms with Crippen molar-refractivity contribution in [1.29, 1.82) is 0 Å². The van der Waals surface area contributed by atoms with Crippen LogP contribution in [0.2, 0.25) is 12.6 Å². The van der Waals surface area contributed by atoms with Crippen molar-refractivity contribution in [2.24, 2.45) is 0 Å². The van der Waals surface area contributed by atoms with E-state index in [1.807, 2.05) is 0 Å². The Balaban J connectivity index is 0.00000176. The molecule has 0 nitrogen and oxygen atoms in total. The van der Waals surface area contributed by atoms with Crippen molar-refractivity contribution in [2.45, 2.75) is 65.3 Å². The second-order valence-corrected chi connectivity index (χ2v) is 30.1. The van der Waals surface area contributed by atoms with Crippen LogP contribution in [0, 0.1) is 0 Å². The van der Waals surface area contributed by atoms with E-state index in [1.54, 1.807) is 22.3 Å². The van der Waals surface area contributed by atoms with Crippen LogP contribution < -0.4 is 24.8 Å². The number of fused-ring (bicyclic) bond motifs is 6. The molecule has 1 unspecified atom stereocenters. The molecular weight excluding hydrogens is 611 g/mol. The normalized spacial score (nSPS) is 13.9. The smallest absolute Gasteiger partial charge is 1.00 e. The molecule has 1 atom stereocenters. The van der Waals surface area contributed by atoms with Gasteiger partial charge < -0.3 is 24.8 Å². The summed E-state index contributed by atoms with van der Waals surface area (Å²) in [6.45, 7) is 5.11. The van der Waals surface area contributed by atoms with Gasteiger partial charge in [0.15, 0.2) is 0 Å². The van der Waals surface area contributed by atoms with Gasteiger partial charge in [0.25, 0.3) is 0 Å². The molecule has 0 aromatic heterocycles. The fourth-order valence-electron chi connectivity index (χ4n) is 7.16. The molecule has 0 saturated heterocycles. The van der Waals surface area contributed by atoms with Gasteiger partial charge >= 0.3 is 234 Å². The number of hydrogen-bond acceptors (Lipinski definition) is 0. The van der Waals surface area contributed by atoms with Crippen LogP contribution in [0.25, 0.3) is 22.3 Å². The first-order valence-corrected chi connectivity index (χ1v) is 24.2. The number of rotatable bonds is 10. The van der Waals surface area contributed by atoms with Crippen LogP contribution in [-0.4, -0.2) is 5.92 Å². The average molecular weight is 650 g/mol. The van der Waals surface area contributed by atoms with Gasteiger partial charge in [-0.25, -0.2) is 0 Å². The molecule has 0 radical (unpaired) electrons. The summed E-state index contributed by atoms with van der Waals surface area (Å²) in [5.41, 5.74) is 12.7. The summed E-state index contributed by atoms with van der Waals surface area (Å²) in [6, 6.07) is 39.2. The number of hydrogen-bond donors (Lipinski definition) is 0. The Kier molecular flexibility index (Phi) is 10.9. The van der Waals surface area contributed by atoms with Crippen LogP contribution in [0.1, 0.15) is 75.0 Å². The minimum Gasteiger partial charge on any atom is -1.00 e. The van der Waals surface area contributed by atoms with Crippen molar-refractivity contribution in [1.82, 2.24) is 0 Å². The SMILES string of the molecule is CCCCCCCC[SiH](C)[Zr+2]([CH]1c2ccccc2-c2ccccc21)[CH]1c2ccccc2-c2ccccc21.[Cl-].[Cl-]. The predicted octanol–water partition coefficient (Wildman–Crippen LogP) is 3.87. The van der Waals surface area contributed by atoms with Gasteiger partial charge in [0, 0.05) is 0 Å². The quantitative estimate of drug-likeness (QED) is 0.181. The molecule has 201 valence electrons. The van der Waals surface area contributed by atoms with E-state index in [0.717, 1.165) is 0 Å². The van der Waals surface area contributed by atoms with Crippen LogP contribution in [0.15, 0.2) is 97.1 Å². The van der Waals surface area contributed by atoms with E-state index in [9.17, 15) is 0 Å². The van der Waals surface area contributed by atoms with Gasteiger partial charge in [0.1, 0.15) is 0 Å². The zero-order valence-corrected chi connectivity index (χ0v) is 28.3. The monoisotopic (exact) mass is 647 g/mol. The predicted molar refractivity (Wildman–Crippen MR) is 159 cm³/mol. The molecule has 2 aliphatic carbocycles. The molecule has 4 heteroatoms. The van der Waals surface area contributed by atoms with Crippen LogP contribution >= 0.6 is 0 Å². The molecule has 4 aromatic rings. The summed E-state index contributed by atoms with van der Waals surface area (Å²) in [6.07, 6.45) is 8.47. The largest absolute Gasteiger partial charge is 1.00 e. The number of benzene rings is 4. The van der Waals surface area contributed by atoms with Gasteiger partial charge in [0.05, 0.1) is 0 Å². The van der Waals surface area contributed by atoms with Gasteiger partial charge in [-0.2, -0.15) is 0 Å². The zero-order valence-electron chi connectivity index (χ0n) is 23.2. The Hall–Kier alpha value is -1.44. The summed E-state index contributed by atoms with van der Waals surface area (Å²) in [5.74, 6) is -0.921. The van der Waals surface area contributed by atoms with E-state index in [4.69, 9.17) is 0 Å². The molecule has 0 saturated carbocycles. The third-order valence-corrected chi connectivity index (χ3v) is 32.1. The van der Waals surface area contributed by atoms with Gasteiger partial charge in [-0.15, -0.1) is 0 Å². The van der Waals surface area contributed by atoms with Crippen molar-refractivity contribution < 1.29 is 45.7 Å². The molecule has 6 rings (SSSR count). The summed E-state index contributed by atoms with van der Waals surface area (Å²) >= 11 is -2.12. The van der Waals surface area contributed by atoms with Crippen molar-refractivity contribution >= 4 is 5.92 Å². The van der Waals surface area contributed by atoms with Crippen LogP contribution in [-0.2, 0) is 20.9 Å². The van der Waals surface area contributed by atoms with Gasteiger partial charge in [-0.3, -0.25) is 0 Å². The Morgan fingerprint density at radius 1 is 0.513 bits per heavy atom. The van der Waals surface area contributed by atoms with Crippen molar-refractivity contribution in [3.8, 4) is 22.3 Å². The second kappa shape index (κ2) is 14.0. The fraction of sp³-hybridized carbons (Fsp3) is 0.314. The molecule has 39 heavy (non-hydrogen) atoms. The van der Waals surface area contributed by atoms with E-state index >= 15 is 0 Å². The fourth-order valence-corrected chi connectivity index (χ4v) is 33.0. The molecule has 0 amide bonds. The molecule has 0 fully saturated rings. The summed E-state index contributed by atoms with van der Waals surface area (Å²) < 4.78 is 1.36. The molecule has 4 aromatic carbocycles. The van der Waals surface area contributed by atoms with Crippen LogP contribution in [0.3, 0.4) is 0 Å². The third-order valence-electron chi connectivity index (χ3n) is 8.89. The zero-order chi connectivity index (χ0) is 25.2.